The average molecular weight is 339 g/mol. The second-order valence-corrected chi connectivity index (χ2v) is 7.13. The van der Waals surface area contributed by atoms with E-state index in [2.05, 4.69) is 66.9 Å². The number of rotatable bonds is 5. The summed E-state index contributed by atoms with van der Waals surface area (Å²) < 4.78 is 0. The number of thiocarbonyl (C=S) groups is 1. The van der Waals surface area contributed by atoms with Crippen LogP contribution in [0.4, 0.5) is 5.69 Å². The Balaban J connectivity index is 1.56. The van der Waals surface area contributed by atoms with E-state index in [1.54, 1.807) is 0 Å². The first-order chi connectivity index (χ1) is 11.7. The molecule has 0 saturated heterocycles. The Hall–Kier alpha value is -1.87. The Bertz CT molecular complexity index is 699. The summed E-state index contributed by atoms with van der Waals surface area (Å²) in [5.74, 6) is 0. The van der Waals surface area contributed by atoms with Crippen molar-refractivity contribution in [2.24, 2.45) is 0 Å². The lowest BCUT2D eigenvalue weighted by Gasteiger charge is -2.17. The van der Waals surface area contributed by atoms with E-state index in [0.29, 0.717) is 6.04 Å². The van der Waals surface area contributed by atoms with Gasteiger partial charge in [0.1, 0.15) is 0 Å². The number of benzene rings is 2. The van der Waals surface area contributed by atoms with E-state index in [-0.39, 0.29) is 0 Å². The van der Waals surface area contributed by atoms with E-state index < -0.39 is 0 Å². The molecule has 0 amide bonds. The van der Waals surface area contributed by atoms with E-state index >= 15 is 0 Å². The van der Waals surface area contributed by atoms with Gasteiger partial charge in [0.2, 0.25) is 0 Å². The summed E-state index contributed by atoms with van der Waals surface area (Å²) >= 11 is 5.52. The van der Waals surface area contributed by atoms with Crippen LogP contribution >= 0.6 is 12.2 Å². The van der Waals surface area contributed by atoms with Crippen LogP contribution < -0.4 is 10.6 Å². The van der Waals surface area contributed by atoms with Crippen LogP contribution in [0.3, 0.4) is 0 Å². The summed E-state index contributed by atoms with van der Waals surface area (Å²) in [7, 11) is 0. The molecule has 24 heavy (non-hydrogen) atoms. The molecule has 2 nitrogen and oxygen atoms in total. The van der Waals surface area contributed by atoms with Crippen molar-refractivity contribution in [1.82, 2.24) is 5.32 Å². The van der Waals surface area contributed by atoms with Gasteiger partial charge in [-0.15, -0.1) is 0 Å². The van der Waals surface area contributed by atoms with Crippen LogP contribution in [0.25, 0.3) is 0 Å². The number of nitrogens with one attached hydrogen (secondary N) is 2. The maximum absolute atomic E-state index is 5.52. The molecule has 0 radical (unpaired) electrons. The molecule has 2 aromatic carbocycles. The SMILES string of the molecule is CCCCc1ccc(NC(=S)NC2Cc3ccccc3C2)c(C)c1. The number of fused-ring (bicyclic) bond motifs is 1. The predicted molar refractivity (Wildman–Crippen MR) is 107 cm³/mol. The van der Waals surface area contributed by atoms with Gasteiger partial charge in [0.25, 0.3) is 0 Å². The maximum atomic E-state index is 5.52. The lowest BCUT2D eigenvalue weighted by Crippen LogP contribution is -2.38. The molecule has 0 saturated carbocycles. The summed E-state index contributed by atoms with van der Waals surface area (Å²) in [4.78, 5) is 0. The third-order valence-electron chi connectivity index (χ3n) is 4.74. The van der Waals surface area contributed by atoms with Gasteiger partial charge in [0.15, 0.2) is 5.11 Å². The second kappa shape index (κ2) is 7.80. The highest BCUT2D eigenvalue weighted by Gasteiger charge is 2.21. The van der Waals surface area contributed by atoms with Gasteiger partial charge in [-0.3, -0.25) is 0 Å². The lowest BCUT2D eigenvalue weighted by atomic mass is 10.0. The van der Waals surface area contributed by atoms with E-state index in [9.17, 15) is 0 Å². The van der Waals surface area contributed by atoms with Crippen molar-refractivity contribution >= 4 is 23.0 Å². The second-order valence-electron chi connectivity index (χ2n) is 6.73. The molecular weight excluding hydrogens is 312 g/mol. The van der Waals surface area contributed by atoms with E-state index in [4.69, 9.17) is 12.2 Å². The van der Waals surface area contributed by atoms with Crippen LogP contribution in [0.1, 0.15) is 42.0 Å². The fraction of sp³-hybridized carbons (Fsp3) is 0.381. The van der Waals surface area contributed by atoms with Crippen molar-refractivity contribution in [1.29, 1.82) is 0 Å². The molecule has 126 valence electrons. The molecule has 1 aliphatic carbocycles. The highest BCUT2D eigenvalue weighted by atomic mass is 32.1. The van der Waals surface area contributed by atoms with Crippen molar-refractivity contribution in [2.45, 2.75) is 52.0 Å². The van der Waals surface area contributed by atoms with Crippen LogP contribution in [0.2, 0.25) is 0 Å². The molecule has 0 atom stereocenters. The largest absolute Gasteiger partial charge is 0.359 e. The van der Waals surface area contributed by atoms with Gasteiger partial charge in [0.05, 0.1) is 0 Å². The topological polar surface area (TPSA) is 24.1 Å². The molecule has 0 fully saturated rings. The monoisotopic (exact) mass is 338 g/mol. The Morgan fingerprint density at radius 1 is 1.12 bits per heavy atom. The first kappa shape index (κ1) is 17.0. The fourth-order valence-electron chi connectivity index (χ4n) is 3.41. The zero-order valence-corrected chi connectivity index (χ0v) is 15.4. The van der Waals surface area contributed by atoms with Crippen molar-refractivity contribution < 1.29 is 0 Å². The molecule has 1 aliphatic rings. The summed E-state index contributed by atoms with van der Waals surface area (Å²) in [5.41, 5.74) is 6.64. The minimum absolute atomic E-state index is 0.395. The summed E-state index contributed by atoms with van der Waals surface area (Å²) in [6, 6.07) is 15.7. The highest BCUT2D eigenvalue weighted by molar-refractivity contribution is 7.80. The van der Waals surface area contributed by atoms with Crippen LogP contribution in [-0.4, -0.2) is 11.2 Å². The molecule has 0 heterocycles. The summed E-state index contributed by atoms with van der Waals surface area (Å²) in [6.45, 7) is 4.38. The van der Waals surface area contributed by atoms with Crippen LogP contribution in [-0.2, 0) is 19.3 Å². The quantitative estimate of drug-likeness (QED) is 0.766. The van der Waals surface area contributed by atoms with Gasteiger partial charge in [-0.05, 0) is 73.1 Å². The van der Waals surface area contributed by atoms with Crippen LogP contribution in [0, 0.1) is 6.92 Å². The Morgan fingerprint density at radius 2 is 1.83 bits per heavy atom. The number of unbranched alkanes of at least 4 members (excludes halogenated alkanes) is 1. The number of hydrogen-bond donors (Lipinski definition) is 2. The first-order valence-corrected chi connectivity index (χ1v) is 9.30. The average Bonchev–Trinajstić information content (AvgIpc) is 2.97. The standard InChI is InChI=1S/C21H26N2S/c1-3-4-7-16-10-11-20(15(2)12-16)23-21(24)22-19-13-17-8-5-6-9-18(17)14-19/h5-6,8-12,19H,3-4,7,13-14H2,1-2H3,(H2,22,23,24). The minimum atomic E-state index is 0.395. The van der Waals surface area contributed by atoms with Crippen LogP contribution in [0.15, 0.2) is 42.5 Å². The number of hydrogen-bond acceptors (Lipinski definition) is 1. The number of aryl methyl sites for hydroxylation is 2. The Morgan fingerprint density at radius 3 is 2.46 bits per heavy atom. The fourth-order valence-corrected chi connectivity index (χ4v) is 3.68. The van der Waals surface area contributed by atoms with Crippen molar-refractivity contribution in [3.05, 3.63) is 64.7 Å². The summed E-state index contributed by atoms with van der Waals surface area (Å²) in [6.07, 6.45) is 5.73. The van der Waals surface area contributed by atoms with Crippen molar-refractivity contribution in [3.8, 4) is 0 Å². The number of anilines is 1. The van der Waals surface area contributed by atoms with Crippen LogP contribution in [0.5, 0.6) is 0 Å². The molecule has 2 aromatic rings. The zero-order valence-electron chi connectivity index (χ0n) is 14.6. The molecule has 3 rings (SSSR count). The smallest absolute Gasteiger partial charge is 0.171 e. The minimum Gasteiger partial charge on any atom is -0.359 e. The Kier molecular flexibility index (Phi) is 5.52. The molecule has 0 spiro atoms. The first-order valence-electron chi connectivity index (χ1n) is 8.89. The van der Waals surface area contributed by atoms with E-state index in [1.165, 1.54) is 35.1 Å². The molecule has 0 unspecified atom stereocenters. The van der Waals surface area contributed by atoms with Gasteiger partial charge >= 0.3 is 0 Å². The third kappa shape index (κ3) is 4.15. The molecule has 0 aromatic heterocycles. The Labute approximate surface area is 150 Å². The van der Waals surface area contributed by atoms with Gasteiger partial charge in [-0.1, -0.05) is 49.7 Å². The highest BCUT2D eigenvalue weighted by Crippen LogP contribution is 2.22. The van der Waals surface area contributed by atoms with Crippen molar-refractivity contribution in [2.75, 3.05) is 5.32 Å². The van der Waals surface area contributed by atoms with E-state index in [1.807, 2.05) is 0 Å². The van der Waals surface area contributed by atoms with Gasteiger partial charge in [-0.25, -0.2) is 0 Å². The molecule has 3 heteroatoms. The normalized spacial score (nSPS) is 13.6. The third-order valence-corrected chi connectivity index (χ3v) is 4.96. The van der Waals surface area contributed by atoms with Gasteiger partial charge in [0, 0.05) is 11.7 Å². The lowest BCUT2D eigenvalue weighted by molar-refractivity contribution is 0.648. The molecule has 0 aliphatic heterocycles. The molecule has 0 bridgehead atoms. The molecular formula is C21H26N2S. The predicted octanol–water partition coefficient (Wildman–Crippen LogP) is 4.79. The van der Waals surface area contributed by atoms with Gasteiger partial charge in [-0.2, -0.15) is 0 Å². The van der Waals surface area contributed by atoms with Crippen molar-refractivity contribution in [3.63, 3.8) is 0 Å². The summed E-state index contributed by atoms with van der Waals surface area (Å²) in [5, 5.41) is 7.56. The van der Waals surface area contributed by atoms with Gasteiger partial charge < -0.3 is 10.6 Å². The zero-order chi connectivity index (χ0) is 16.9. The van der Waals surface area contributed by atoms with E-state index in [0.717, 1.165) is 30.1 Å². The maximum Gasteiger partial charge on any atom is 0.171 e. The molecule has 2 N–H and O–H groups in total.